The molecule has 0 aliphatic heterocycles. The van der Waals surface area contributed by atoms with Crippen LogP contribution in [0.5, 0.6) is 5.75 Å². The summed E-state index contributed by atoms with van der Waals surface area (Å²) in [5.74, 6) is -0.119. The number of rotatable bonds is 2. The predicted octanol–water partition coefficient (Wildman–Crippen LogP) is 2.53. The molecule has 5 nitrogen and oxygen atoms in total. The third-order valence-corrected chi connectivity index (χ3v) is 3.09. The zero-order valence-corrected chi connectivity index (χ0v) is 10.9. The summed E-state index contributed by atoms with van der Waals surface area (Å²) in [4.78, 5) is 16.4. The highest BCUT2D eigenvalue weighted by Crippen LogP contribution is 2.18. The van der Waals surface area contributed by atoms with Gasteiger partial charge in [-0.15, -0.1) is 0 Å². The Morgan fingerprint density at radius 2 is 2.10 bits per heavy atom. The van der Waals surface area contributed by atoms with Crippen LogP contribution in [0.3, 0.4) is 0 Å². The quantitative estimate of drug-likeness (QED) is 0.749. The number of nitrogens with zero attached hydrogens (tertiary/aromatic N) is 2. The van der Waals surface area contributed by atoms with E-state index in [0.29, 0.717) is 11.3 Å². The number of carbonyl (C=O) groups is 1. The van der Waals surface area contributed by atoms with E-state index in [1.54, 1.807) is 36.7 Å². The van der Waals surface area contributed by atoms with E-state index >= 15 is 0 Å². The van der Waals surface area contributed by atoms with E-state index in [2.05, 4.69) is 10.3 Å². The second-order valence-electron chi connectivity index (χ2n) is 4.56. The Morgan fingerprint density at radius 1 is 1.25 bits per heavy atom. The summed E-state index contributed by atoms with van der Waals surface area (Å²) < 4.78 is 1.90. The lowest BCUT2D eigenvalue weighted by atomic mass is 10.2. The molecule has 1 heterocycles. The molecule has 100 valence electrons. The monoisotopic (exact) mass is 267 g/mol. The Morgan fingerprint density at radius 3 is 2.90 bits per heavy atom. The van der Waals surface area contributed by atoms with Gasteiger partial charge in [-0.3, -0.25) is 4.79 Å². The maximum absolute atomic E-state index is 12.1. The van der Waals surface area contributed by atoms with Gasteiger partial charge in [-0.2, -0.15) is 0 Å². The highest BCUT2D eigenvalue weighted by Gasteiger charge is 2.09. The molecule has 2 N–H and O–H groups in total. The van der Waals surface area contributed by atoms with Gasteiger partial charge in [0.2, 0.25) is 0 Å². The van der Waals surface area contributed by atoms with Crippen LogP contribution in [0.1, 0.15) is 10.4 Å². The minimum absolute atomic E-state index is 0.114. The van der Waals surface area contributed by atoms with Gasteiger partial charge in [0.05, 0.1) is 17.4 Å². The maximum atomic E-state index is 12.1. The standard InChI is InChI=1S/C15H13N3O2/c1-18-9-16-13-7-10(5-6-14(13)18)15(20)17-11-3-2-4-12(19)8-11/h2-9,19H,1H3,(H,17,20). The number of aryl methyl sites for hydroxylation is 1. The molecule has 0 spiro atoms. The van der Waals surface area contributed by atoms with Gasteiger partial charge in [-0.25, -0.2) is 4.98 Å². The Hall–Kier alpha value is -2.82. The highest BCUT2D eigenvalue weighted by molar-refractivity contribution is 6.06. The first-order chi connectivity index (χ1) is 9.63. The summed E-state index contributed by atoms with van der Waals surface area (Å²) in [5, 5.41) is 12.1. The van der Waals surface area contributed by atoms with Gasteiger partial charge in [0, 0.05) is 24.4 Å². The first kappa shape index (κ1) is 12.2. The number of benzene rings is 2. The fourth-order valence-corrected chi connectivity index (χ4v) is 2.06. The molecular weight excluding hydrogens is 254 g/mol. The molecule has 0 fully saturated rings. The molecular formula is C15H13N3O2. The topological polar surface area (TPSA) is 67.2 Å². The minimum atomic E-state index is -0.233. The van der Waals surface area contributed by atoms with Gasteiger partial charge in [-0.05, 0) is 30.3 Å². The van der Waals surface area contributed by atoms with Crippen LogP contribution in [0, 0.1) is 0 Å². The van der Waals surface area contributed by atoms with Crippen molar-refractivity contribution in [1.29, 1.82) is 0 Å². The van der Waals surface area contributed by atoms with Crippen molar-refractivity contribution in [3.63, 3.8) is 0 Å². The average molecular weight is 267 g/mol. The molecule has 0 saturated carbocycles. The molecule has 0 radical (unpaired) electrons. The van der Waals surface area contributed by atoms with Crippen molar-refractivity contribution < 1.29 is 9.90 Å². The molecule has 0 unspecified atom stereocenters. The number of hydrogen-bond acceptors (Lipinski definition) is 3. The van der Waals surface area contributed by atoms with Crippen LogP contribution < -0.4 is 5.32 Å². The zero-order chi connectivity index (χ0) is 14.1. The van der Waals surface area contributed by atoms with Gasteiger partial charge >= 0.3 is 0 Å². The summed E-state index contributed by atoms with van der Waals surface area (Å²) in [5.41, 5.74) is 2.82. The van der Waals surface area contributed by atoms with Crippen LogP contribution in [-0.4, -0.2) is 20.6 Å². The average Bonchev–Trinajstić information content (AvgIpc) is 2.80. The first-order valence-corrected chi connectivity index (χ1v) is 6.15. The van der Waals surface area contributed by atoms with Crippen molar-refractivity contribution in [3.05, 3.63) is 54.4 Å². The molecule has 0 aliphatic carbocycles. The van der Waals surface area contributed by atoms with Crippen LogP contribution >= 0.6 is 0 Å². The lowest BCUT2D eigenvalue weighted by Gasteiger charge is -2.05. The number of phenolic OH excluding ortho intramolecular Hbond substituents is 1. The Kier molecular flexibility index (Phi) is 2.87. The van der Waals surface area contributed by atoms with Crippen molar-refractivity contribution in [1.82, 2.24) is 9.55 Å². The molecule has 20 heavy (non-hydrogen) atoms. The number of phenols is 1. The fraction of sp³-hybridized carbons (Fsp3) is 0.0667. The molecule has 1 aromatic heterocycles. The normalized spacial score (nSPS) is 10.7. The van der Waals surface area contributed by atoms with Crippen molar-refractivity contribution in [2.45, 2.75) is 0 Å². The smallest absolute Gasteiger partial charge is 0.255 e. The Labute approximate surface area is 115 Å². The number of nitrogens with one attached hydrogen (secondary N) is 1. The lowest BCUT2D eigenvalue weighted by Crippen LogP contribution is -2.11. The van der Waals surface area contributed by atoms with E-state index in [-0.39, 0.29) is 11.7 Å². The molecule has 0 saturated heterocycles. The first-order valence-electron chi connectivity index (χ1n) is 6.15. The number of imidazole rings is 1. The van der Waals surface area contributed by atoms with Crippen LogP contribution in [0.4, 0.5) is 5.69 Å². The lowest BCUT2D eigenvalue weighted by molar-refractivity contribution is 0.102. The number of amides is 1. The van der Waals surface area contributed by atoms with Crippen molar-refractivity contribution in [3.8, 4) is 5.75 Å². The van der Waals surface area contributed by atoms with Gasteiger partial charge < -0.3 is 15.0 Å². The summed E-state index contributed by atoms with van der Waals surface area (Å²) in [6.07, 6.45) is 1.71. The predicted molar refractivity (Wildman–Crippen MR) is 76.8 cm³/mol. The van der Waals surface area contributed by atoms with Gasteiger partial charge in [0.25, 0.3) is 5.91 Å². The third kappa shape index (κ3) is 2.21. The fourth-order valence-electron chi connectivity index (χ4n) is 2.06. The van der Waals surface area contributed by atoms with Crippen molar-refractivity contribution >= 4 is 22.6 Å². The van der Waals surface area contributed by atoms with Gasteiger partial charge in [-0.1, -0.05) is 6.07 Å². The molecule has 0 aliphatic rings. The second-order valence-corrected chi connectivity index (χ2v) is 4.56. The molecule has 0 atom stereocenters. The summed E-state index contributed by atoms with van der Waals surface area (Å²) in [6.45, 7) is 0. The number of fused-ring (bicyclic) bond motifs is 1. The molecule has 3 aromatic rings. The number of aromatic hydroxyl groups is 1. The second kappa shape index (κ2) is 4.70. The zero-order valence-electron chi connectivity index (χ0n) is 10.9. The SMILES string of the molecule is Cn1cnc2cc(C(=O)Nc3cccc(O)c3)ccc21. The van der Waals surface area contributed by atoms with E-state index < -0.39 is 0 Å². The van der Waals surface area contributed by atoms with Crippen LogP contribution in [0.15, 0.2) is 48.8 Å². The third-order valence-electron chi connectivity index (χ3n) is 3.09. The molecule has 3 rings (SSSR count). The van der Waals surface area contributed by atoms with Gasteiger partial charge in [0.1, 0.15) is 5.75 Å². The van der Waals surface area contributed by atoms with Crippen LogP contribution in [0.2, 0.25) is 0 Å². The van der Waals surface area contributed by atoms with E-state index in [4.69, 9.17) is 0 Å². The summed E-state index contributed by atoms with van der Waals surface area (Å²) in [7, 11) is 1.90. The number of carbonyl (C=O) groups excluding carboxylic acids is 1. The number of anilines is 1. The summed E-state index contributed by atoms with van der Waals surface area (Å²) in [6, 6.07) is 11.8. The molecule has 5 heteroatoms. The van der Waals surface area contributed by atoms with Gasteiger partial charge in [0.15, 0.2) is 0 Å². The van der Waals surface area contributed by atoms with E-state index in [9.17, 15) is 9.90 Å². The largest absolute Gasteiger partial charge is 0.508 e. The summed E-state index contributed by atoms with van der Waals surface area (Å²) >= 11 is 0. The molecule has 1 amide bonds. The Bertz CT molecular complexity index is 793. The van der Waals surface area contributed by atoms with E-state index in [0.717, 1.165) is 11.0 Å². The number of aromatic nitrogens is 2. The van der Waals surface area contributed by atoms with Crippen LogP contribution in [0.25, 0.3) is 11.0 Å². The van der Waals surface area contributed by atoms with Crippen LogP contribution in [-0.2, 0) is 7.05 Å². The highest BCUT2D eigenvalue weighted by atomic mass is 16.3. The van der Waals surface area contributed by atoms with Crippen molar-refractivity contribution in [2.75, 3.05) is 5.32 Å². The maximum Gasteiger partial charge on any atom is 0.255 e. The number of hydrogen-bond donors (Lipinski definition) is 2. The molecule has 2 aromatic carbocycles. The van der Waals surface area contributed by atoms with E-state index in [1.807, 2.05) is 17.7 Å². The van der Waals surface area contributed by atoms with Crippen molar-refractivity contribution in [2.24, 2.45) is 7.05 Å². The Balaban J connectivity index is 1.88. The van der Waals surface area contributed by atoms with E-state index in [1.165, 1.54) is 6.07 Å². The minimum Gasteiger partial charge on any atom is -0.508 e. The molecule has 0 bridgehead atoms.